The van der Waals surface area contributed by atoms with Gasteiger partial charge in [-0.1, -0.05) is 61.2 Å². The second-order valence-electron chi connectivity index (χ2n) is 9.68. The molecule has 4 rings (SSSR count). The van der Waals surface area contributed by atoms with E-state index in [0.717, 1.165) is 22.4 Å². The van der Waals surface area contributed by atoms with Crippen LogP contribution >= 0.6 is 0 Å². The molecule has 1 aromatic carbocycles. The fourth-order valence-corrected chi connectivity index (χ4v) is 4.65. The standard InChI is InChI=1S/C31H32F3N5O2/c1-3-5-8-21(4-2)18-35-29(40)24-10-6-9-22(15-24)23-13-14-28-27(16-23)37-20-39(28)26-12-7-11-25(17-26)38-30(41)36-19-31(32,33)34/h3-15,20,26-27H,2,16-19H2,1H3,(H,35,40)(H2,36,38,41)/b5-3-,21-8+. The number of aliphatic imine (C=N–C) groups is 1. The molecule has 0 radical (unpaired) electrons. The second-order valence-corrected chi connectivity index (χ2v) is 9.68. The van der Waals surface area contributed by atoms with Gasteiger partial charge in [-0.3, -0.25) is 9.79 Å². The molecule has 3 amide bonds. The zero-order chi connectivity index (χ0) is 29.4. The van der Waals surface area contributed by atoms with Crippen molar-refractivity contribution in [2.45, 2.75) is 38.0 Å². The summed E-state index contributed by atoms with van der Waals surface area (Å²) >= 11 is 0. The van der Waals surface area contributed by atoms with Crippen molar-refractivity contribution in [3.05, 3.63) is 114 Å². The van der Waals surface area contributed by atoms with Crippen molar-refractivity contribution in [1.29, 1.82) is 0 Å². The molecule has 2 unspecified atom stereocenters. The molecule has 7 nitrogen and oxygen atoms in total. The summed E-state index contributed by atoms with van der Waals surface area (Å²) in [4.78, 5) is 31.4. The van der Waals surface area contributed by atoms with Crippen LogP contribution in [0.1, 0.15) is 35.7 Å². The number of nitrogens with zero attached hydrogens (tertiary/aromatic N) is 2. The molecule has 0 bridgehead atoms. The van der Waals surface area contributed by atoms with Crippen molar-refractivity contribution >= 4 is 23.8 Å². The first kappa shape index (κ1) is 29.4. The SMILES string of the molecule is C=C/C(=C\C=C/C)CNC(=O)c1cccc(C2=CC=C3C(C2)N=CN3C2C=CC=C(NC(=O)NCC(F)(F)F)C2)c1. The molecule has 3 N–H and O–H groups in total. The van der Waals surface area contributed by atoms with Crippen molar-refractivity contribution < 1.29 is 22.8 Å². The van der Waals surface area contributed by atoms with Gasteiger partial charge in [0.05, 0.1) is 18.4 Å². The molecular weight excluding hydrogens is 531 g/mol. The fourth-order valence-electron chi connectivity index (χ4n) is 4.65. The van der Waals surface area contributed by atoms with Gasteiger partial charge in [0.15, 0.2) is 0 Å². The molecule has 214 valence electrons. The minimum absolute atomic E-state index is 0.106. The molecule has 2 atom stereocenters. The van der Waals surface area contributed by atoms with Crippen LogP contribution < -0.4 is 16.0 Å². The maximum atomic E-state index is 12.8. The summed E-state index contributed by atoms with van der Waals surface area (Å²) < 4.78 is 37.2. The fraction of sp³-hybridized carbons (Fsp3) is 0.258. The third kappa shape index (κ3) is 7.97. The zero-order valence-corrected chi connectivity index (χ0v) is 22.6. The van der Waals surface area contributed by atoms with E-state index in [1.54, 1.807) is 30.6 Å². The van der Waals surface area contributed by atoms with Crippen LogP contribution in [0.2, 0.25) is 0 Å². The predicted molar refractivity (Wildman–Crippen MR) is 155 cm³/mol. The van der Waals surface area contributed by atoms with Crippen molar-refractivity contribution in [2.24, 2.45) is 4.99 Å². The lowest BCUT2D eigenvalue weighted by Crippen LogP contribution is -2.42. The lowest BCUT2D eigenvalue weighted by atomic mass is 9.91. The molecule has 2 aliphatic carbocycles. The van der Waals surface area contributed by atoms with Gasteiger partial charge in [0.2, 0.25) is 0 Å². The Morgan fingerprint density at radius 1 is 1.17 bits per heavy atom. The molecule has 1 aromatic rings. The van der Waals surface area contributed by atoms with E-state index in [-0.39, 0.29) is 18.0 Å². The Balaban J connectivity index is 1.39. The number of fused-ring (bicyclic) bond motifs is 1. The number of nitrogens with one attached hydrogen (secondary N) is 3. The number of rotatable bonds is 9. The number of urea groups is 1. The largest absolute Gasteiger partial charge is 0.405 e. The van der Waals surface area contributed by atoms with Crippen LogP contribution in [0, 0.1) is 0 Å². The molecule has 0 aromatic heterocycles. The Hall–Kier alpha value is -4.60. The summed E-state index contributed by atoms with van der Waals surface area (Å²) in [5, 5.41) is 7.25. The topological polar surface area (TPSA) is 85.8 Å². The van der Waals surface area contributed by atoms with Crippen LogP contribution in [-0.4, -0.2) is 54.5 Å². The first-order valence-electron chi connectivity index (χ1n) is 13.2. The number of benzene rings is 1. The van der Waals surface area contributed by atoms with E-state index in [1.807, 2.05) is 71.8 Å². The Morgan fingerprint density at radius 2 is 2.00 bits per heavy atom. The number of hydrogen-bond acceptors (Lipinski definition) is 4. The van der Waals surface area contributed by atoms with Crippen LogP contribution in [0.25, 0.3) is 5.57 Å². The highest BCUT2D eigenvalue weighted by Crippen LogP contribution is 2.35. The highest BCUT2D eigenvalue weighted by Gasteiger charge is 2.32. The van der Waals surface area contributed by atoms with Crippen LogP contribution in [-0.2, 0) is 0 Å². The quantitative estimate of drug-likeness (QED) is 0.344. The van der Waals surface area contributed by atoms with Gasteiger partial charge in [0.1, 0.15) is 6.54 Å². The summed E-state index contributed by atoms with van der Waals surface area (Å²) in [6, 6.07) is 6.32. The number of carbonyl (C=O) groups is 2. The van der Waals surface area contributed by atoms with Crippen molar-refractivity contribution in [1.82, 2.24) is 20.9 Å². The van der Waals surface area contributed by atoms with Gasteiger partial charge in [-0.25, -0.2) is 4.79 Å². The Kier molecular flexibility index (Phi) is 9.44. The van der Waals surface area contributed by atoms with E-state index in [2.05, 4.69) is 22.2 Å². The van der Waals surface area contributed by atoms with Crippen LogP contribution in [0.5, 0.6) is 0 Å². The molecule has 1 aliphatic heterocycles. The Bertz CT molecular complexity index is 1400. The predicted octanol–water partition coefficient (Wildman–Crippen LogP) is 5.56. The van der Waals surface area contributed by atoms with Crippen LogP contribution in [0.15, 0.2) is 107 Å². The van der Waals surface area contributed by atoms with Gasteiger partial charge in [0.25, 0.3) is 5.91 Å². The van der Waals surface area contributed by atoms with Gasteiger partial charge in [-0.15, -0.1) is 0 Å². The summed E-state index contributed by atoms with van der Waals surface area (Å²) in [6.45, 7) is 4.68. The molecular formula is C31H32F3N5O2. The highest BCUT2D eigenvalue weighted by molar-refractivity contribution is 5.95. The van der Waals surface area contributed by atoms with Crippen LogP contribution in [0.3, 0.4) is 0 Å². The summed E-state index contributed by atoms with van der Waals surface area (Å²) in [5.74, 6) is -0.175. The number of amides is 3. The normalized spacial score (nSPS) is 20.2. The number of allylic oxidation sites excluding steroid dienone is 7. The third-order valence-electron chi connectivity index (χ3n) is 6.73. The molecule has 3 aliphatic rings. The molecule has 1 heterocycles. The maximum Gasteiger partial charge on any atom is 0.405 e. The van der Waals surface area contributed by atoms with E-state index in [4.69, 9.17) is 0 Å². The molecule has 0 saturated heterocycles. The van der Waals surface area contributed by atoms with E-state index < -0.39 is 18.8 Å². The van der Waals surface area contributed by atoms with Crippen molar-refractivity contribution in [2.75, 3.05) is 13.1 Å². The maximum absolute atomic E-state index is 12.8. The van der Waals surface area contributed by atoms with Crippen LogP contribution in [0.4, 0.5) is 18.0 Å². The van der Waals surface area contributed by atoms with E-state index in [9.17, 15) is 22.8 Å². The first-order chi connectivity index (χ1) is 19.7. The van der Waals surface area contributed by atoms with Gasteiger partial charge in [-0.05, 0) is 47.9 Å². The van der Waals surface area contributed by atoms with E-state index in [0.29, 0.717) is 30.6 Å². The molecule has 0 spiro atoms. The Morgan fingerprint density at radius 3 is 2.76 bits per heavy atom. The molecule has 0 fully saturated rings. The van der Waals surface area contributed by atoms with Crippen molar-refractivity contribution in [3.8, 4) is 0 Å². The lowest BCUT2D eigenvalue weighted by molar-refractivity contribution is -0.122. The number of alkyl halides is 3. The van der Waals surface area contributed by atoms with E-state index >= 15 is 0 Å². The Labute approximate surface area is 237 Å². The van der Waals surface area contributed by atoms with Crippen molar-refractivity contribution in [3.63, 3.8) is 0 Å². The highest BCUT2D eigenvalue weighted by atomic mass is 19.4. The lowest BCUT2D eigenvalue weighted by Gasteiger charge is -2.31. The summed E-state index contributed by atoms with van der Waals surface area (Å²) in [6.07, 6.45) is 15.2. The molecule has 10 heteroatoms. The third-order valence-corrected chi connectivity index (χ3v) is 6.73. The minimum atomic E-state index is -4.48. The minimum Gasteiger partial charge on any atom is -0.348 e. The monoisotopic (exact) mass is 563 g/mol. The smallest absolute Gasteiger partial charge is 0.348 e. The molecule has 0 saturated carbocycles. The molecule has 41 heavy (non-hydrogen) atoms. The van der Waals surface area contributed by atoms with Gasteiger partial charge >= 0.3 is 12.2 Å². The first-order valence-corrected chi connectivity index (χ1v) is 13.2. The number of hydrogen-bond donors (Lipinski definition) is 3. The zero-order valence-electron chi connectivity index (χ0n) is 22.6. The van der Waals surface area contributed by atoms with E-state index in [1.165, 1.54) is 0 Å². The number of halogens is 3. The number of carbonyl (C=O) groups excluding carboxylic acids is 2. The summed E-state index contributed by atoms with van der Waals surface area (Å²) in [7, 11) is 0. The second kappa shape index (κ2) is 13.2. The average molecular weight is 564 g/mol. The van der Waals surface area contributed by atoms with Gasteiger partial charge in [-0.2, -0.15) is 13.2 Å². The summed E-state index contributed by atoms with van der Waals surface area (Å²) in [5.41, 5.74) is 4.95. The van der Waals surface area contributed by atoms with Gasteiger partial charge in [0, 0.05) is 36.3 Å². The van der Waals surface area contributed by atoms with Gasteiger partial charge < -0.3 is 20.9 Å². The average Bonchev–Trinajstić information content (AvgIpc) is 3.39.